The molecule has 5 rings (SSSR count). The van der Waals surface area contributed by atoms with Gasteiger partial charge in [-0.05, 0) is 49.9 Å². The zero-order chi connectivity index (χ0) is 21.8. The molecule has 0 spiro atoms. The van der Waals surface area contributed by atoms with Crippen LogP contribution in [0.15, 0.2) is 18.2 Å². The summed E-state index contributed by atoms with van der Waals surface area (Å²) in [5.41, 5.74) is 0.849. The number of hydrogen-bond acceptors (Lipinski definition) is 6. The minimum Gasteiger partial charge on any atom is -0.507 e. The molecule has 2 aliphatic rings. The van der Waals surface area contributed by atoms with Crippen molar-refractivity contribution < 1.29 is 23.0 Å². The van der Waals surface area contributed by atoms with Gasteiger partial charge in [0.05, 0.1) is 30.2 Å². The smallest absolute Gasteiger partial charge is 0.416 e. The van der Waals surface area contributed by atoms with Crippen LogP contribution in [0, 0.1) is 6.92 Å². The van der Waals surface area contributed by atoms with Gasteiger partial charge in [-0.2, -0.15) is 22.7 Å². The maximum atomic E-state index is 13.1. The van der Waals surface area contributed by atoms with Crippen LogP contribution in [0.1, 0.15) is 42.0 Å². The first-order valence-corrected chi connectivity index (χ1v) is 10.3. The van der Waals surface area contributed by atoms with E-state index in [9.17, 15) is 18.3 Å². The predicted molar refractivity (Wildman–Crippen MR) is 107 cm³/mol. The van der Waals surface area contributed by atoms with Crippen LogP contribution < -0.4 is 4.90 Å². The molecule has 2 aromatic heterocycles. The summed E-state index contributed by atoms with van der Waals surface area (Å²) in [4.78, 5) is 11.3. The number of phenols is 1. The largest absolute Gasteiger partial charge is 0.507 e. The average molecular weight is 433 g/mol. The average Bonchev–Trinajstić information content (AvgIpc) is 3.10. The van der Waals surface area contributed by atoms with Gasteiger partial charge in [0.25, 0.3) is 5.78 Å². The zero-order valence-electron chi connectivity index (χ0n) is 17.0. The van der Waals surface area contributed by atoms with E-state index in [4.69, 9.17) is 4.74 Å². The van der Waals surface area contributed by atoms with Crippen molar-refractivity contribution in [2.75, 3.05) is 31.2 Å². The van der Waals surface area contributed by atoms with Crippen molar-refractivity contribution >= 4 is 11.7 Å². The van der Waals surface area contributed by atoms with Crippen molar-refractivity contribution in [2.45, 2.75) is 38.3 Å². The second-order valence-electron chi connectivity index (χ2n) is 8.16. The van der Waals surface area contributed by atoms with Gasteiger partial charge >= 0.3 is 6.18 Å². The van der Waals surface area contributed by atoms with Gasteiger partial charge < -0.3 is 14.7 Å². The molecule has 2 fully saturated rings. The van der Waals surface area contributed by atoms with Crippen LogP contribution in [0.5, 0.6) is 5.75 Å². The topological polar surface area (TPSA) is 75.8 Å². The number of alkyl halides is 3. The summed E-state index contributed by atoms with van der Waals surface area (Å²) in [6.07, 6.45) is -1.20. The van der Waals surface area contributed by atoms with Gasteiger partial charge in [0.2, 0.25) is 5.95 Å². The van der Waals surface area contributed by atoms with Gasteiger partial charge in [-0.25, -0.2) is 4.98 Å². The molecular weight excluding hydrogens is 411 g/mol. The highest BCUT2D eigenvalue weighted by molar-refractivity contribution is 5.73. The van der Waals surface area contributed by atoms with E-state index in [-0.39, 0.29) is 17.0 Å². The molecule has 4 heterocycles. The van der Waals surface area contributed by atoms with Crippen LogP contribution in [0.2, 0.25) is 0 Å². The number of anilines is 1. The Bertz CT molecular complexity index is 1110. The van der Waals surface area contributed by atoms with Gasteiger partial charge in [-0.3, -0.25) is 0 Å². The lowest BCUT2D eigenvalue weighted by Crippen LogP contribution is -2.30. The number of hydrogen-bond donors (Lipinski definition) is 1. The lowest BCUT2D eigenvalue weighted by molar-refractivity contribution is -0.137. The van der Waals surface area contributed by atoms with E-state index in [1.165, 1.54) is 13.3 Å². The highest BCUT2D eigenvalue weighted by atomic mass is 19.4. The summed E-state index contributed by atoms with van der Waals surface area (Å²) in [5.74, 6) is 0.575. The first-order valence-electron chi connectivity index (χ1n) is 10.3. The molecule has 0 unspecified atom stereocenters. The number of halogens is 3. The number of piperidine rings is 1. The lowest BCUT2D eigenvalue weighted by atomic mass is 9.97. The molecular formula is C21H22F3N5O2. The molecule has 0 amide bonds. The van der Waals surface area contributed by atoms with Crippen molar-refractivity contribution in [1.29, 1.82) is 0 Å². The van der Waals surface area contributed by atoms with Crippen LogP contribution in [0.25, 0.3) is 17.0 Å². The Hall–Kier alpha value is -2.88. The molecule has 164 valence electrons. The van der Waals surface area contributed by atoms with Crippen LogP contribution in [0.4, 0.5) is 19.1 Å². The Kier molecular flexibility index (Phi) is 4.76. The molecule has 0 bridgehead atoms. The first kappa shape index (κ1) is 20.0. The normalized spacial score (nSPS) is 17.9. The van der Waals surface area contributed by atoms with Crippen molar-refractivity contribution in [2.24, 2.45) is 0 Å². The fourth-order valence-electron chi connectivity index (χ4n) is 4.20. The van der Waals surface area contributed by atoms with Crippen LogP contribution in [0.3, 0.4) is 0 Å². The van der Waals surface area contributed by atoms with Gasteiger partial charge in [0, 0.05) is 24.6 Å². The highest BCUT2D eigenvalue weighted by Gasteiger charge is 2.33. The summed E-state index contributed by atoms with van der Waals surface area (Å²) in [6.45, 7) is 4.34. The summed E-state index contributed by atoms with van der Waals surface area (Å²) in [6, 6.07) is 3.53. The summed E-state index contributed by atoms with van der Waals surface area (Å²) < 4.78 is 46.4. The maximum absolute atomic E-state index is 13.1. The monoisotopic (exact) mass is 433 g/mol. The van der Waals surface area contributed by atoms with Gasteiger partial charge in [-0.15, -0.1) is 5.10 Å². The SMILES string of the molecule is Cc1cc(C(F)(F)F)cc(O)c1-c1cc(C2COC2)n2nc(N3CCCCC3)nc2n1. The first-order chi connectivity index (χ1) is 14.8. The Morgan fingerprint density at radius 3 is 2.42 bits per heavy atom. The van der Waals surface area contributed by atoms with Crippen molar-refractivity contribution in [3.8, 4) is 17.0 Å². The number of aryl methyl sites for hydroxylation is 1. The van der Waals surface area contributed by atoms with Crippen molar-refractivity contribution in [3.05, 3.63) is 35.0 Å². The number of nitrogens with zero attached hydrogens (tertiary/aromatic N) is 5. The van der Waals surface area contributed by atoms with Crippen molar-refractivity contribution in [1.82, 2.24) is 19.6 Å². The summed E-state index contributed by atoms with van der Waals surface area (Å²) in [7, 11) is 0. The van der Waals surface area contributed by atoms with Gasteiger partial charge in [0.15, 0.2) is 0 Å². The molecule has 0 saturated carbocycles. The molecule has 2 saturated heterocycles. The number of benzene rings is 1. The minimum absolute atomic E-state index is 0.0806. The van der Waals surface area contributed by atoms with Crippen LogP contribution in [-0.4, -0.2) is 51.0 Å². The second kappa shape index (κ2) is 7.37. The molecule has 3 aromatic rings. The quantitative estimate of drug-likeness (QED) is 0.675. The zero-order valence-corrected chi connectivity index (χ0v) is 17.0. The number of fused-ring (bicyclic) bond motifs is 1. The molecule has 31 heavy (non-hydrogen) atoms. The third-order valence-corrected chi connectivity index (χ3v) is 5.92. The molecule has 7 nitrogen and oxygen atoms in total. The molecule has 2 aliphatic heterocycles. The molecule has 1 N–H and O–H groups in total. The number of rotatable bonds is 3. The number of aromatic hydroxyl groups is 1. The maximum Gasteiger partial charge on any atom is 0.416 e. The van der Waals surface area contributed by atoms with E-state index in [2.05, 4.69) is 20.0 Å². The van der Waals surface area contributed by atoms with Crippen molar-refractivity contribution in [3.63, 3.8) is 0 Å². The standard InChI is InChI=1S/C21H22F3N5O2/c1-12-7-14(21(22,23)24)8-17(30)18(12)15-9-16(13-10-31-11-13)29-19(25-15)26-20(27-29)28-5-3-2-4-6-28/h7-9,13,30H,2-6,10-11H2,1H3. The fourth-order valence-corrected chi connectivity index (χ4v) is 4.20. The second-order valence-corrected chi connectivity index (χ2v) is 8.16. The molecule has 0 atom stereocenters. The van der Waals surface area contributed by atoms with E-state index in [0.717, 1.165) is 43.8 Å². The number of phenolic OH excluding ortho intramolecular Hbond substituents is 1. The van der Waals surface area contributed by atoms with E-state index in [1.807, 2.05) is 0 Å². The molecule has 0 radical (unpaired) electrons. The Labute approximate surface area is 176 Å². The summed E-state index contributed by atoms with van der Waals surface area (Å²) >= 11 is 0. The highest BCUT2D eigenvalue weighted by Crippen LogP contribution is 2.39. The lowest BCUT2D eigenvalue weighted by Gasteiger charge is -2.27. The Morgan fingerprint density at radius 2 is 1.81 bits per heavy atom. The van der Waals surface area contributed by atoms with E-state index >= 15 is 0 Å². The predicted octanol–water partition coefficient (Wildman–Crippen LogP) is 3.93. The molecule has 10 heteroatoms. The van der Waals surface area contributed by atoms with E-state index < -0.39 is 17.5 Å². The van der Waals surface area contributed by atoms with Crippen LogP contribution >= 0.6 is 0 Å². The number of ether oxygens (including phenoxy) is 1. The third-order valence-electron chi connectivity index (χ3n) is 5.92. The molecule has 1 aromatic carbocycles. The van der Waals surface area contributed by atoms with E-state index in [1.54, 1.807) is 10.6 Å². The number of aromatic nitrogens is 4. The van der Waals surface area contributed by atoms with Crippen LogP contribution in [-0.2, 0) is 10.9 Å². The van der Waals surface area contributed by atoms with Gasteiger partial charge in [-0.1, -0.05) is 0 Å². The third kappa shape index (κ3) is 3.58. The Balaban J connectivity index is 1.64. The van der Waals surface area contributed by atoms with Gasteiger partial charge in [0.1, 0.15) is 5.75 Å². The fraction of sp³-hybridized carbons (Fsp3) is 0.476. The summed E-state index contributed by atoms with van der Waals surface area (Å²) in [5, 5.41) is 15.1. The Morgan fingerprint density at radius 1 is 1.06 bits per heavy atom. The minimum atomic E-state index is -4.54. The van der Waals surface area contributed by atoms with E-state index in [0.29, 0.717) is 30.6 Å². The molecule has 0 aliphatic carbocycles.